The molecular formula is C15H20O6S. The molecule has 0 saturated heterocycles. The second kappa shape index (κ2) is 8.53. The summed E-state index contributed by atoms with van der Waals surface area (Å²) in [6.45, 7) is 0. The molecule has 1 aromatic rings. The molecule has 0 bridgehead atoms. The lowest BCUT2D eigenvalue weighted by atomic mass is 10.1. The summed E-state index contributed by atoms with van der Waals surface area (Å²) in [5.74, 6) is -4.18. The molecule has 0 spiro atoms. The van der Waals surface area contributed by atoms with E-state index >= 15 is 0 Å². The number of aliphatic carboxylic acids is 2. The van der Waals surface area contributed by atoms with Crippen molar-refractivity contribution in [1.82, 2.24) is 0 Å². The lowest BCUT2D eigenvalue weighted by Crippen LogP contribution is -2.26. The maximum atomic E-state index is 12.0. The minimum atomic E-state index is -3.52. The van der Waals surface area contributed by atoms with E-state index in [1.165, 1.54) is 0 Å². The first-order chi connectivity index (χ1) is 10.3. The zero-order valence-corrected chi connectivity index (χ0v) is 13.0. The van der Waals surface area contributed by atoms with E-state index in [1.54, 1.807) is 0 Å². The molecule has 0 amide bonds. The van der Waals surface area contributed by atoms with E-state index in [2.05, 4.69) is 0 Å². The van der Waals surface area contributed by atoms with Crippen molar-refractivity contribution in [3.05, 3.63) is 35.9 Å². The van der Waals surface area contributed by atoms with Gasteiger partial charge in [0, 0.05) is 6.42 Å². The third-order valence-corrected chi connectivity index (χ3v) is 5.10. The fraction of sp³-hybridized carbons (Fsp3) is 0.467. The van der Waals surface area contributed by atoms with Gasteiger partial charge in [-0.3, -0.25) is 9.59 Å². The second-order valence-corrected chi connectivity index (χ2v) is 7.40. The number of carboxylic acid groups (broad SMARTS) is 2. The van der Waals surface area contributed by atoms with E-state index in [0.29, 0.717) is 12.8 Å². The van der Waals surface area contributed by atoms with Gasteiger partial charge < -0.3 is 10.2 Å². The third kappa shape index (κ3) is 7.21. The van der Waals surface area contributed by atoms with Gasteiger partial charge in [0.05, 0.1) is 17.4 Å². The van der Waals surface area contributed by atoms with Gasteiger partial charge in [0.25, 0.3) is 0 Å². The first-order valence-electron chi connectivity index (χ1n) is 6.99. The van der Waals surface area contributed by atoms with Gasteiger partial charge in [-0.05, 0) is 24.8 Å². The monoisotopic (exact) mass is 328 g/mol. The van der Waals surface area contributed by atoms with E-state index in [-0.39, 0.29) is 18.6 Å². The van der Waals surface area contributed by atoms with Gasteiger partial charge in [0.2, 0.25) is 0 Å². The molecule has 1 rings (SSSR count). The fourth-order valence-electron chi connectivity index (χ4n) is 2.11. The number of rotatable bonds is 10. The Morgan fingerprint density at radius 3 is 2.27 bits per heavy atom. The Morgan fingerprint density at radius 1 is 1.09 bits per heavy atom. The molecule has 122 valence electrons. The van der Waals surface area contributed by atoms with Crippen molar-refractivity contribution in [3.63, 3.8) is 0 Å². The highest BCUT2D eigenvalue weighted by molar-refractivity contribution is 7.91. The summed E-state index contributed by atoms with van der Waals surface area (Å²) in [7, 11) is -3.52. The Labute approximate surface area is 129 Å². The van der Waals surface area contributed by atoms with Crippen LogP contribution in [0, 0.1) is 5.92 Å². The molecule has 1 unspecified atom stereocenters. The number of hydrogen-bond acceptors (Lipinski definition) is 4. The molecule has 6 nitrogen and oxygen atoms in total. The number of sulfone groups is 1. The Hall–Kier alpha value is -1.89. The number of carbonyl (C=O) groups is 2. The van der Waals surface area contributed by atoms with Gasteiger partial charge in [0.15, 0.2) is 9.84 Å². The molecule has 0 aliphatic rings. The predicted molar refractivity (Wildman–Crippen MR) is 81.4 cm³/mol. The largest absolute Gasteiger partial charge is 0.481 e. The third-order valence-electron chi connectivity index (χ3n) is 3.27. The summed E-state index contributed by atoms with van der Waals surface area (Å²) in [5.41, 5.74) is 1.03. The van der Waals surface area contributed by atoms with Crippen LogP contribution in [0.25, 0.3) is 0 Å². The number of benzene rings is 1. The highest BCUT2D eigenvalue weighted by atomic mass is 32.2. The zero-order valence-electron chi connectivity index (χ0n) is 12.1. The maximum absolute atomic E-state index is 12.0. The molecule has 0 aromatic heterocycles. The number of carboxylic acids is 2. The topological polar surface area (TPSA) is 109 Å². The van der Waals surface area contributed by atoms with Crippen LogP contribution >= 0.6 is 0 Å². The zero-order chi connectivity index (χ0) is 16.6. The standard InChI is InChI=1S/C15H20O6S/c16-14(17)9-8-13(15(18)19)11-22(20,21)10-4-7-12-5-2-1-3-6-12/h1-3,5-6,13H,4,7-11H2,(H,16,17)(H,18,19). The van der Waals surface area contributed by atoms with Crippen LogP contribution in [0.2, 0.25) is 0 Å². The first kappa shape index (κ1) is 18.2. The second-order valence-electron chi connectivity index (χ2n) is 5.17. The molecule has 0 saturated carbocycles. The summed E-state index contributed by atoms with van der Waals surface area (Å²) >= 11 is 0. The van der Waals surface area contributed by atoms with Crippen molar-refractivity contribution in [1.29, 1.82) is 0 Å². The molecular weight excluding hydrogens is 308 g/mol. The predicted octanol–water partition coefficient (Wildman–Crippen LogP) is 1.60. The molecule has 22 heavy (non-hydrogen) atoms. The van der Waals surface area contributed by atoms with Gasteiger partial charge in [-0.2, -0.15) is 0 Å². The summed E-state index contributed by atoms with van der Waals surface area (Å²) in [5, 5.41) is 17.6. The van der Waals surface area contributed by atoms with Crippen LogP contribution in [-0.2, 0) is 25.8 Å². The SMILES string of the molecule is O=C(O)CCC(CS(=O)(=O)CCCc1ccccc1)C(=O)O. The molecule has 1 atom stereocenters. The smallest absolute Gasteiger partial charge is 0.307 e. The molecule has 0 aliphatic heterocycles. The normalized spacial score (nSPS) is 12.7. The Morgan fingerprint density at radius 2 is 1.73 bits per heavy atom. The van der Waals surface area contributed by atoms with Gasteiger partial charge in [-0.15, -0.1) is 0 Å². The molecule has 0 fully saturated rings. The Bertz CT molecular complexity index is 594. The minimum absolute atomic E-state index is 0.0985. The molecule has 0 heterocycles. The van der Waals surface area contributed by atoms with Gasteiger partial charge in [-0.1, -0.05) is 30.3 Å². The van der Waals surface area contributed by atoms with Gasteiger partial charge in [0.1, 0.15) is 0 Å². The highest BCUT2D eigenvalue weighted by Crippen LogP contribution is 2.13. The lowest BCUT2D eigenvalue weighted by molar-refractivity contribution is -0.142. The van der Waals surface area contributed by atoms with Crippen LogP contribution in [0.15, 0.2) is 30.3 Å². The molecule has 1 aromatic carbocycles. The summed E-state index contributed by atoms with van der Waals surface area (Å²) in [6, 6.07) is 9.42. The van der Waals surface area contributed by atoms with Gasteiger partial charge >= 0.3 is 11.9 Å². The first-order valence-corrected chi connectivity index (χ1v) is 8.81. The molecule has 2 N–H and O–H groups in total. The van der Waals surface area contributed by atoms with Crippen LogP contribution in [0.1, 0.15) is 24.8 Å². The average molecular weight is 328 g/mol. The number of aryl methyl sites for hydroxylation is 1. The van der Waals surface area contributed by atoms with Crippen LogP contribution in [0.3, 0.4) is 0 Å². The Kier molecular flexibility index (Phi) is 7.04. The molecule has 0 radical (unpaired) electrons. The van der Waals surface area contributed by atoms with Crippen molar-refractivity contribution in [2.45, 2.75) is 25.7 Å². The van der Waals surface area contributed by atoms with E-state index in [9.17, 15) is 18.0 Å². The van der Waals surface area contributed by atoms with E-state index in [4.69, 9.17) is 10.2 Å². The average Bonchev–Trinajstić information content (AvgIpc) is 2.44. The van der Waals surface area contributed by atoms with Gasteiger partial charge in [-0.25, -0.2) is 8.42 Å². The van der Waals surface area contributed by atoms with E-state index < -0.39 is 33.4 Å². The van der Waals surface area contributed by atoms with Crippen LogP contribution < -0.4 is 0 Å². The fourth-order valence-corrected chi connectivity index (χ4v) is 3.78. The Balaban J connectivity index is 2.49. The lowest BCUT2D eigenvalue weighted by Gasteiger charge is -2.11. The van der Waals surface area contributed by atoms with Crippen molar-refractivity contribution in [3.8, 4) is 0 Å². The molecule has 7 heteroatoms. The van der Waals surface area contributed by atoms with Crippen LogP contribution in [-0.4, -0.2) is 42.1 Å². The minimum Gasteiger partial charge on any atom is -0.481 e. The van der Waals surface area contributed by atoms with E-state index in [0.717, 1.165) is 5.56 Å². The summed E-state index contributed by atoms with van der Waals surface area (Å²) in [4.78, 5) is 21.5. The molecule has 0 aliphatic carbocycles. The van der Waals surface area contributed by atoms with Crippen LogP contribution in [0.5, 0.6) is 0 Å². The van der Waals surface area contributed by atoms with Crippen LogP contribution in [0.4, 0.5) is 0 Å². The summed E-state index contributed by atoms with van der Waals surface area (Å²) < 4.78 is 23.9. The quantitative estimate of drug-likeness (QED) is 0.675. The highest BCUT2D eigenvalue weighted by Gasteiger charge is 2.25. The van der Waals surface area contributed by atoms with E-state index in [1.807, 2.05) is 30.3 Å². The summed E-state index contributed by atoms with van der Waals surface area (Å²) in [6.07, 6.45) is 0.490. The number of hydrogen-bond donors (Lipinski definition) is 2. The van der Waals surface area contributed by atoms with Crippen molar-refractivity contribution in [2.75, 3.05) is 11.5 Å². The van der Waals surface area contributed by atoms with Crippen molar-refractivity contribution >= 4 is 21.8 Å². The van der Waals surface area contributed by atoms with Crippen molar-refractivity contribution < 1.29 is 28.2 Å². The maximum Gasteiger partial charge on any atom is 0.307 e. The van der Waals surface area contributed by atoms with Crippen molar-refractivity contribution in [2.24, 2.45) is 5.92 Å².